The molecule has 9 nitrogen and oxygen atoms in total. The second-order valence-corrected chi connectivity index (χ2v) is 7.56. The summed E-state index contributed by atoms with van der Waals surface area (Å²) in [6, 6.07) is 7.82. The van der Waals surface area contributed by atoms with Crippen LogP contribution in [0.1, 0.15) is 25.7 Å². The van der Waals surface area contributed by atoms with Crippen molar-refractivity contribution in [3.63, 3.8) is 0 Å². The first-order valence-electron chi connectivity index (χ1n) is 9.52. The molecule has 0 unspecified atom stereocenters. The Labute approximate surface area is 161 Å². The number of aromatic nitrogens is 5. The van der Waals surface area contributed by atoms with Gasteiger partial charge in [0.2, 0.25) is 11.8 Å². The van der Waals surface area contributed by atoms with E-state index in [1.54, 1.807) is 0 Å². The van der Waals surface area contributed by atoms with E-state index in [1.807, 2.05) is 29.2 Å². The van der Waals surface area contributed by atoms with Gasteiger partial charge in [-0.2, -0.15) is 5.10 Å². The molecule has 1 aromatic carbocycles. The summed E-state index contributed by atoms with van der Waals surface area (Å²) in [5.74, 6) is 1.12. The van der Waals surface area contributed by atoms with Crippen LogP contribution in [-0.4, -0.2) is 55.8 Å². The molecule has 1 aliphatic heterocycles. The van der Waals surface area contributed by atoms with Crippen molar-refractivity contribution in [3.8, 4) is 22.8 Å². The minimum atomic E-state index is 0.0718. The largest absolute Gasteiger partial charge is 0.403 e. The highest BCUT2D eigenvalue weighted by molar-refractivity contribution is 5.80. The third-order valence-electron chi connectivity index (χ3n) is 5.75. The molecule has 1 amide bonds. The summed E-state index contributed by atoms with van der Waals surface area (Å²) >= 11 is 0. The first-order valence-corrected chi connectivity index (χ1v) is 9.52. The van der Waals surface area contributed by atoms with E-state index in [4.69, 9.17) is 4.42 Å². The van der Waals surface area contributed by atoms with Gasteiger partial charge in [0.05, 0.1) is 6.54 Å². The van der Waals surface area contributed by atoms with Gasteiger partial charge < -0.3 is 14.6 Å². The highest BCUT2D eigenvalue weighted by Crippen LogP contribution is 2.53. The summed E-state index contributed by atoms with van der Waals surface area (Å²) in [5, 5.41) is 17.7. The molecule has 0 bridgehead atoms. The van der Waals surface area contributed by atoms with Gasteiger partial charge >= 0.3 is 6.01 Å². The third kappa shape index (κ3) is 3.35. The van der Waals surface area contributed by atoms with E-state index in [0.717, 1.165) is 37.1 Å². The van der Waals surface area contributed by atoms with Crippen LogP contribution in [0.15, 0.2) is 35.0 Å². The van der Waals surface area contributed by atoms with Crippen molar-refractivity contribution < 1.29 is 9.21 Å². The van der Waals surface area contributed by atoms with Gasteiger partial charge in [0.1, 0.15) is 6.33 Å². The number of nitrogens with zero attached hydrogens (tertiary/aromatic N) is 5. The lowest BCUT2D eigenvalue weighted by Gasteiger charge is -2.32. The Morgan fingerprint density at radius 3 is 2.75 bits per heavy atom. The molecule has 1 spiro atoms. The number of hydrogen-bond donors (Lipinski definition) is 2. The molecule has 1 saturated carbocycles. The predicted molar refractivity (Wildman–Crippen MR) is 101 cm³/mol. The molecule has 28 heavy (non-hydrogen) atoms. The van der Waals surface area contributed by atoms with Gasteiger partial charge in [0.15, 0.2) is 5.82 Å². The summed E-state index contributed by atoms with van der Waals surface area (Å²) in [6.07, 6.45) is 6.38. The molecule has 1 aliphatic carbocycles. The van der Waals surface area contributed by atoms with Crippen molar-refractivity contribution in [1.82, 2.24) is 30.3 Å². The van der Waals surface area contributed by atoms with Crippen molar-refractivity contribution in [2.75, 3.05) is 25.0 Å². The number of carbonyl (C=O) groups is 1. The monoisotopic (exact) mass is 379 g/mol. The maximum atomic E-state index is 12.4. The number of likely N-dealkylation sites (tertiary alicyclic amines) is 1. The molecule has 0 atom stereocenters. The first kappa shape index (κ1) is 16.9. The van der Waals surface area contributed by atoms with Crippen LogP contribution < -0.4 is 5.32 Å². The van der Waals surface area contributed by atoms with E-state index in [0.29, 0.717) is 17.1 Å². The lowest BCUT2D eigenvalue weighted by atomic mass is 9.94. The molecule has 3 heterocycles. The zero-order chi connectivity index (χ0) is 19.0. The first-order chi connectivity index (χ1) is 13.7. The summed E-state index contributed by atoms with van der Waals surface area (Å²) in [4.78, 5) is 18.5. The van der Waals surface area contributed by atoms with Crippen LogP contribution in [0.5, 0.6) is 0 Å². The lowest BCUT2D eigenvalue weighted by Crippen LogP contribution is -2.41. The van der Waals surface area contributed by atoms with E-state index >= 15 is 0 Å². The number of nitrogens with one attached hydrogen (secondary N) is 2. The summed E-state index contributed by atoms with van der Waals surface area (Å²) in [6.45, 7) is 1.86. The van der Waals surface area contributed by atoms with Gasteiger partial charge in [0.25, 0.3) is 0 Å². The van der Waals surface area contributed by atoms with Crippen molar-refractivity contribution in [1.29, 1.82) is 0 Å². The summed E-state index contributed by atoms with van der Waals surface area (Å²) < 4.78 is 5.67. The van der Waals surface area contributed by atoms with Crippen LogP contribution in [0.4, 0.5) is 6.01 Å². The van der Waals surface area contributed by atoms with Crippen molar-refractivity contribution >= 4 is 11.9 Å². The molecule has 2 aromatic heterocycles. The molecule has 5 rings (SSSR count). The third-order valence-corrected chi connectivity index (χ3v) is 5.75. The number of rotatable bonds is 5. The molecular weight excluding hydrogens is 358 g/mol. The number of aromatic amines is 1. The van der Waals surface area contributed by atoms with Gasteiger partial charge in [0, 0.05) is 24.2 Å². The van der Waals surface area contributed by atoms with E-state index in [1.165, 1.54) is 19.2 Å². The maximum absolute atomic E-state index is 12.4. The maximum Gasteiger partial charge on any atom is 0.316 e. The number of amides is 1. The van der Waals surface area contributed by atoms with Crippen LogP contribution in [-0.2, 0) is 4.79 Å². The second kappa shape index (κ2) is 6.74. The topological polar surface area (TPSA) is 113 Å². The molecular formula is C19H21N7O2. The standard InChI is InChI=1S/C19H21N7O2/c27-15(26-8-6-19(4-5-19)7-9-26)11-20-18-25-24-17(28-18)14-3-1-2-13(10-14)16-21-12-22-23-16/h1-3,10,12H,4-9,11H2,(H,20,25)(H,21,22,23). The summed E-state index contributed by atoms with van der Waals surface area (Å²) in [7, 11) is 0. The normalized spacial score (nSPS) is 17.6. The Morgan fingerprint density at radius 2 is 2.00 bits per heavy atom. The number of carbonyl (C=O) groups excluding carboxylic acids is 1. The molecule has 2 fully saturated rings. The van der Waals surface area contributed by atoms with Crippen LogP contribution in [0.2, 0.25) is 0 Å². The quantitative estimate of drug-likeness (QED) is 0.699. The minimum Gasteiger partial charge on any atom is -0.403 e. The molecule has 9 heteroatoms. The predicted octanol–water partition coefficient (Wildman–Crippen LogP) is 2.34. The van der Waals surface area contributed by atoms with Crippen LogP contribution in [0.25, 0.3) is 22.8 Å². The molecule has 2 N–H and O–H groups in total. The van der Waals surface area contributed by atoms with E-state index < -0.39 is 0 Å². The Hall–Kier alpha value is -3.23. The fourth-order valence-electron chi connectivity index (χ4n) is 3.73. The SMILES string of the molecule is O=C(CNc1nnc(-c2cccc(-c3ncn[nH]3)c2)o1)N1CCC2(CC1)CC2. The Morgan fingerprint density at radius 1 is 1.18 bits per heavy atom. The Balaban J connectivity index is 1.21. The molecule has 0 radical (unpaired) electrons. The van der Waals surface area contributed by atoms with Crippen molar-refractivity contribution in [3.05, 3.63) is 30.6 Å². The zero-order valence-electron chi connectivity index (χ0n) is 15.4. The lowest BCUT2D eigenvalue weighted by molar-refractivity contribution is -0.130. The van der Waals surface area contributed by atoms with Gasteiger partial charge in [-0.25, -0.2) is 4.98 Å². The molecule has 2 aliphatic rings. The second-order valence-electron chi connectivity index (χ2n) is 7.56. The highest BCUT2D eigenvalue weighted by atomic mass is 16.4. The van der Waals surface area contributed by atoms with Crippen LogP contribution in [0.3, 0.4) is 0 Å². The molecule has 1 saturated heterocycles. The van der Waals surface area contributed by atoms with Gasteiger partial charge in [-0.1, -0.05) is 17.2 Å². The van der Waals surface area contributed by atoms with Crippen molar-refractivity contribution in [2.45, 2.75) is 25.7 Å². The van der Waals surface area contributed by atoms with Gasteiger partial charge in [-0.15, -0.1) is 5.10 Å². The number of hydrogen-bond acceptors (Lipinski definition) is 7. The number of H-pyrrole nitrogens is 1. The van der Waals surface area contributed by atoms with E-state index in [2.05, 4.69) is 30.7 Å². The zero-order valence-corrected chi connectivity index (χ0v) is 15.4. The Kier molecular flexibility index (Phi) is 4.07. The van der Waals surface area contributed by atoms with Crippen LogP contribution in [0, 0.1) is 5.41 Å². The van der Waals surface area contributed by atoms with Crippen molar-refractivity contribution in [2.24, 2.45) is 5.41 Å². The number of benzene rings is 1. The fourth-order valence-corrected chi connectivity index (χ4v) is 3.73. The fraction of sp³-hybridized carbons (Fsp3) is 0.421. The average Bonchev–Trinajstić information content (AvgIpc) is 3.17. The van der Waals surface area contributed by atoms with E-state index in [-0.39, 0.29) is 18.5 Å². The molecule has 144 valence electrons. The van der Waals surface area contributed by atoms with Gasteiger partial charge in [-0.3, -0.25) is 9.89 Å². The van der Waals surface area contributed by atoms with E-state index in [9.17, 15) is 4.79 Å². The van der Waals surface area contributed by atoms with Crippen LogP contribution >= 0.6 is 0 Å². The average molecular weight is 379 g/mol. The minimum absolute atomic E-state index is 0.0718. The highest BCUT2D eigenvalue weighted by Gasteiger charge is 2.44. The summed E-state index contributed by atoms with van der Waals surface area (Å²) in [5.41, 5.74) is 2.20. The van der Waals surface area contributed by atoms with Gasteiger partial charge in [-0.05, 0) is 43.2 Å². The molecule has 3 aromatic rings. The smallest absolute Gasteiger partial charge is 0.316 e. The number of anilines is 1. The Bertz CT molecular complexity index is 968. The number of piperidine rings is 1.